The molecule has 3 unspecified atom stereocenters. The molecule has 0 amide bonds. The van der Waals surface area contributed by atoms with Gasteiger partial charge in [0.1, 0.15) is 0 Å². The van der Waals surface area contributed by atoms with Crippen molar-refractivity contribution >= 4 is 10.9 Å². The van der Waals surface area contributed by atoms with Gasteiger partial charge in [-0.15, -0.1) is 0 Å². The van der Waals surface area contributed by atoms with Crippen LogP contribution in [0.1, 0.15) is 43.5 Å². The molecule has 1 aliphatic carbocycles. The number of pyridine rings is 1. The first kappa shape index (κ1) is 12.6. The van der Waals surface area contributed by atoms with Gasteiger partial charge in [0, 0.05) is 17.1 Å². The highest BCUT2D eigenvalue weighted by molar-refractivity contribution is 5.79. The van der Waals surface area contributed by atoms with E-state index in [4.69, 9.17) is 5.73 Å². The number of hydrogen-bond donors (Lipinski definition) is 1. The predicted octanol–water partition coefficient (Wildman–Crippen LogP) is 3.98. The maximum Gasteiger partial charge on any atom is 0.0705 e. The molecule has 0 aliphatic heterocycles. The molecule has 19 heavy (non-hydrogen) atoms. The summed E-state index contributed by atoms with van der Waals surface area (Å²) in [5.41, 5.74) is 9.88. The van der Waals surface area contributed by atoms with Crippen LogP contribution in [0.15, 0.2) is 30.3 Å². The van der Waals surface area contributed by atoms with Crippen LogP contribution in [0.2, 0.25) is 0 Å². The Morgan fingerprint density at radius 3 is 2.79 bits per heavy atom. The quantitative estimate of drug-likeness (QED) is 0.880. The number of nitrogens with two attached hydrogens (primary N) is 1. The summed E-state index contributed by atoms with van der Waals surface area (Å²) in [5, 5.41) is 1.20. The van der Waals surface area contributed by atoms with Gasteiger partial charge < -0.3 is 5.73 Å². The number of hydrogen-bond acceptors (Lipinski definition) is 2. The van der Waals surface area contributed by atoms with Crippen LogP contribution in [-0.2, 0) is 0 Å². The third-order valence-electron chi connectivity index (χ3n) is 4.63. The van der Waals surface area contributed by atoms with Gasteiger partial charge in [-0.2, -0.15) is 0 Å². The van der Waals surface area contributed by atoms with Crippen molar-refractivity contribution in [3.05, 3.63) is 41.6 Å². The molecule has 100 valence electrons. The average molecular weight is 254 g/mol. The predicted molar refractivity (Wildman–Crippen MR) is 79.9 cm³/mol. The Bertz CT molecular complexity index is 591. The van der Waals surface area contributed by atoms with E-state index in [1.807, 2.05) is 6.92 Å². The molecular weight excluding hydrogens is 232 g/mol. The Morgan fingerprint density at radius 2 is 2.05 bits per heavy atom. The molecule has 1 aromatic heterocycles. The molecule has 0 bridgehead atoms. The van der Waals surface area contributed by atoms with Crippen LogP contribution in [0.5, 0.6) is 0 Å². The van der Waals surface area contributed by atoms with E-state index < -0.39 is 0 Å². The van der Waals surface area contributed by atoms with Crippen molar-refractivity contribution in [2.75, 3.05) is 0 Å². The van der Waals surface area contributed by atoms with Crippen molar-refractivity contribution in [2.45, 2.75) is 39.2 Å². The van der Waals surface area contributed by atoms with E-state index in [1.54, 1.807) is 0 Å². The second-order valence-electron chi connectivity index (χ2n) is 6.00. The average Bonchev–Trinajstić information content (AvgIpc) is 2.83. The van der Waals surface area contributed by atoms with Crippen LogP contribution in [0.3, 0.4) is 0 Å². The van der Waals surface area contributed by atoms with Gasteiger partial charge in [0.2, 0.25) is 0 Å². The largest absolute Gasteiger partial charge is 0.324 e. The molecule has 0 radical (unpaired) electrons. The standard InChI is InChI=1S/C17H22N2/c1-11-4-3-5-15(11)17(18)14-8-9-16-13(10-14)7-6-12(2)19-16/h6-11,15,17H,3-5,18H2,1-2H3. The lowest BCUT2D eigenvalue weighted by Gasteiger charge is -2.23. The molecule has 1 fully saturated rings. The number of aromatic nitrogens is 1. The molecule has 1 aromatic carbocycles. The molecule has 1 saturated carbocycles. The number of aryl methyl sites for hydroxylation is 1. The van der Waals surface area contributed by atoms with Gasteiger partial charge in [-0.3, -0.25) is 4.98 Å². The molecule has 2 nitrogen and oxygen atoms in total. The van der Waals surface area contributed by atoms with Crippen LogP contribution in [0.4, 0.5) is 0 Å². The van der Waals surface area contributed by atoms with Crippen molar-refractivity contribution in [3.8, 4) is 0 Å². The molecule has 3 atom stereocenters. The highest BCUT2D eigenvalue weighted by atomic mass is 14.7. The fraction of sp³-hybridized carbons (Fsp3) is 0.471. The van der Waals surface area contributed by atoms with E-state index in [2.05, 4.69) is 42.2 Å². The van der Waals surface area contributed by atoms with E-state index in [1.165, 1.54) is 30.2 Å². The summed E-state index contributed by atoms with van der Waals surface area (Å²) in [6, 6.07) is 10.9. The minimum Gasteiger partial charge on any atom is -0.324 e. The van der Waals surface area contributed by atoms with Crippen LogP contribution < -0.4 is 5.73 Å². The number of benzene rings is 1. The summed E-state index contributed by atoms with van der Waals surface area (Å²) in [6.07, 6.45) is 3.92. The normalized spacial score (nSPS) is 24.8. The molecular formula is C17H22N2. The first-order chi connectivity index (χ1) is 9.15. The van der Waals surface area contributed by atoms with Gasteiger partial charge in [0.05, 0.1) is 5.52 Å². The second-order valence-corrected chi connectivity index (χ2v) is 6.00. The minimum atomic E-state index is 0.170. The lowest BCUT2D eigenvalue weighted by atomic mass is 9.86. The van der Waals surface area contributed by atoms with Gasteiger partial charge in [-0.1, -0.05) is 31.9 Å². The maximum atomic E-state index is 6.49. The van der Waals surface area contributed by atoms with Crippen LogP contribution in [-0.4, -0.2) is 4.98 Å². The number of nitrogens with zero attached hydrogens (tertiary/aromatic N) is 1. The zero-order valence-corrected chi connectivity index (χ0v) is 11.8. The van der Waals surface area contributed by atoms with Crippen molar-refractivity contribution in [1.29, 1.82) is 0 Å². The number of rotatable bonds is 2. The van der Waals surface area contributed by atoms with Gasteiger partial charge in [-0.05, 0) is 48.9 Å². The topological polar surface area (TPSA) is 38.9 Å². The molecule has 3 rings (SSSR count). The summed E-state index contributed by atoms with van der Waals surface area (Å²) >= 11 is 0. The zero-order chi connectivity index (χ0) is 13.4. The van der Waals surface area contributed by atoms with Gasteiger partial charge in [0.25, 0.3) is 0 Å². The fourth-order valence-electron chi connectivity index (χ4n) is 3.41. The Kier molecular flexibility index (Phi) is 3.28. The molecule has 0 saturated heterocycles. The summed E-state index contributed by atoms with van der Waals surface area (Å²) in [4.78, 5) is 4.55. The van der Waals surface area contributed by atoms with Gasteiger partial charge in [-0.25, -0.2) is 0 Å². The van der Waals surface area contributed by atoms with E-state index in [9.17, 15) is 0 Å². The Balaban J connectivity index is 1.94. The third-order valence-corrected chi connectivity index (χ3v) is 4.63. The maximum absolute atomic E-state index is 6.49. The first-order valence-electron chi connectivity index (χ1n) is 7.28. The number of fused-ring (bicyclic) bond motifs is 1. The third kappa shape index (κ3) is 2.37. The monoisotopic (exact) mass is 254 g/mol. The molecule has 1 aliphatic rings. The van der Waals surface area contributed by atoms with Gasteiger partial charge >= 0.3 is 0 Å². The molecule has 0 spiro atoms. The van der Waals surface area contributed by atoms with E-state index in [-0.39, 0.29) is 6.04 Å². The molecule has 2 heteroatoms. The minimum absolute atomic E-state index is 0.170. The second kappa shape index (κ2) is 4.93. The van der Waals surface area contributed by atoms with Crippen molar-refractivity contribution < 1.29 is 0 Å². The highest BCUT2D eigenvalue weighted by Gasteiger charge is 2.29. The smallest absolute Gasteiger partial charge is 0.0705 e. The van der Waals surface area contributed by atoms with Gasteiger partial charge in [0.15, 0.2) is 0 Å². The Hall–Kier alpha value is -1.41. The van der Waals surface area contributed by atoms with Crippen molar-refractivity contribution in [3.63, 3.8) is 0 Å². The van der Waals surface area contributed by atoms with Crippen LogP contribution >= 0.6 is 0 Å². The zero-order valence-electron chi connectivity index (χ0n) is 11.8. The SMILES string of the molecule is Cc1ccc2cc(C(N)C3CCCC3C)ccc2n1. The van der Waals surface area contributed by atoms with E-state index >= 15 is 0 Å². The summed E-state index contributed by atoms with van der Waals surface area (Å²) < 4.78 is 0. The lowest BCUT2D eigenvalue weighted by Crippen LogP contribution is -2.23. The summed E-state index contributed by atoms with van der Waals surface area (Å²) in [7, 11) is 0. The van der Waals surface area contributed by atoms with Crippen LogP contribution in [0, 0.1) is 18.8 Å². The Labute approximate surface area is 115 Å². The molecule has 2 N–H and O–H groups in total. The lowest BCUT2D eigenvalue weighted by molar-refractivity contribution is 0.351. The van der Waals surface area contributed by atoms with E-state index in [0.29, 0.717) is 5.92 Å². The van der Waals surface area contributed by atoms with Crippen molar-refractivity contribution in [1.82, 2.24) is 4.98 Å². The first-order valence-corrected chi connectivity index (χ1v) is 7.28. The van der Waals surface area contributed by atoms with Crippen LogP contribution in [0.25, 0.3) is 10.9 Å². The van der Waals surface area contributed by atoms with E-state index in [0.717, 1.165) is 17.1 Å². The Morgan fingerprint density at radius 1 is 1.21 bits per heavy atom. The molecule has 1 heterocycles. The summed E-state index contributed by atoms with van der Waals surface area (Å²) in [6.45, 7) is 4.36. The highest BCUT2D eigenvalue weighted by Crippen LogP contribution is 2.39. The van der Waals surface area contributed by atoms with Crippen molar-refractivity contribution in [2.24, 2.45) is 17.6 Å². The fourth-order valence-corrected chi connectivity index (χ4v) is 3.41. The molecule has 2 aromatic rings. The summed E-state index contributed by atoms with van der Waals surface area (Å²) in [5.74, 6) is 1.39.